The van der Waals surface area contributed by atoms with Crippen LogP contribution in [0.3, 0.4) is 0 Å². The summed E-state index contributed by atoms with van der Waals surface area (Å²) in [6, 6.07) is 18.7. The van der Waals surface area contributed by atoms with Crippen LogP contribution < -0.4 is 5.32 Å². The number of piperidine rings is 1. The molecule has 0 aliphatic carbocycles. The number of likely N-dealkylation sites (tertiary alicyclic amines) is 1. The van der Waals surface area contributed by atoms with Crippen LogP contribution in [0.2, 0.25) is 10.0 Å². The Hall–Kier alpha value is -2.01. The van der Waals surface area contributed by atoms with E-state index in [4.69, 9.17) is 23.2 Å². The molecule has 4 nitrogen and oxygen atoms in total. The summed E-state index contributed by atoms with van der Waals surface area (Å²) in [6.45, 7) is 3.37. The molecule has 28 heavy (non-hydrogen) atoms. The van der Waals surface area contributed by atoms with Crippen LogP contribution in [-0.2, 0) is 6.42 Å². The molecule has 0 saturated carbocycles. The first-order valence-electron chi connectivity index (χ1n) is 9.71. The van der Waals surface area contributed by atoms with Crippen LogP contribution in [0.4, 0.5) is 5.82 Å². The monoisotopic (exact) mass is 414 g/mol. The third-order valence-electron chi connectivity index (χ3n) is 5.26. The molecule has 6 heteroatoms. The first-order valence-corrected chi connectivity index (χ1v) is 10.5. The van der Waals surface area contributed by atoms with Crippen LogP contribution in [0.25, 0.3) is 5.69 Å². The number of anilines is 1. The lowest BCUT2D eigenvalue weighted by molar-refractivity contribution is 0.221. The van der Waals surface area contributed by atoms with E-state index in [0.717, 1.165) is 50.4 Å². The SMILES string of the molecule is Clc1ccc(-n2ccc(NC3CCN(CCc4ccccc4)CC3)n2)cc1Cl. The summed E-state index contributed by atoms with van der Waals surface area (Å²) >= 11 is 12.1. The van der Waals surface area contributed by atoms with Gasteiger partial charge < -0.3 is 10.2 Å². The van der Waals surface area contributed by atoms with Crippen LogP contribution >= 0.6 is 23.2 Å². The van der Waals surface area contributed by atoms with Gasteiger partial charge in [-0.05, 0) is 43.0 Å². The Morgan fingerprint density at radius 3 is 2.50 bits per heavy atom. The Morgan fingerprint density at radius 1 is 0.964 bits per heavy atom. The second kappa shape index (κ2) is 8.99. The van der Waals surface area contributed by atoms with Gasteiger partial charge in [-0.1, -0.05) is 53.5 Å². The first kappa shape index (κ1) is 19.3. The van der Waals surface area contributed by atoms with E-state index in [1.54, 1.807) is 6.07 Å². The van der Waals surface area contributed by atoms with Gasteiger partial charge in [0.2, 0.25) is 0 Å². The molecule has 0 bridgehead atoms. The van der Waals surface area contributed by atoms with Crippen molar-refractivity contribution in [2.24, 2.45) is 0 Å². The zero-order valence-corrected chi connectivity index (χ0v) is 17.2. The van der Waals surface area contributed by atoms with Crippen molar-refractivity contribution in [3.05, 3.63) is 76.4 Å². The maximum absolute atomic E-state index is 6.11. The quantitative estimate of drug-likeness (QED) is 0.593. The van der Waals surface area contributed by atoms with E-state index in [1.807, 2.05) is 29.1 Å². The average Bonchev–Trinajstić information content (AvgIpc) is 3.19. The molecule has 3 aromatic rings. The first-order chi connectivity index (χ1) is 13.7. The highest BCUT2D eigenvalue weighted by Gasteiger charge is 2.19. The van der Waals surface area contributed by atoms with Gasteiger partial charge in [-0.25, -0.2) is 4.68 Å². The molecule has 1 aliphatic heterocycles. The lowest BCUT2D eigenvalue weighted by Gasteiger charge is -2.32. The van der Waals surface area contributed by atoms with Crippen molar-refractivity contribution in [3.8, 4) is 5.69 Å². The largest absolute Gasteiger partial charge is 0.366 e. The molecule has 0 amide bonds. The molecule has 4 rings (SSSR count). The van der Waals surface area contributed by atoms with Crippen molar-refractivity contribution in [3.63, 3.8) is 0 Å². The summed E-state index contributed by atoms with van der Waals surface area (Å²) < 4.78 is 1.82. The van der Waals surface area contributed by atoms with Crippen molar-refractivity contribution in [1.29, 1.82) is 0 Å². The van der Waals surface area contributed by atoms with Gasteiger partial charge in [0, 0.05) is 37.9 Å². The molecule has 1 aromatic heterocycles. The molecule has 0 unspecified atom stereocenters. The highest BCUT2D eigenvalue weighted by molar-refractivity contribution is 6.42. The number of nitrogens with one attached hydrogen (secondary N) is 1. The molecule has 1 N–H and O–H groups in total. The molecule has 2 aromatic carbocycles. The van der Waals surface area contributed by atoms with Crippen molar-refractivity contribution in [2.45, 2.75) is 25.3 Å². The third-order valence-corrected chi connectivity index (χ3v) is 5.99. The average molecular weight is 415 g/mol. The molecule has 0 radical (unpaired) electrons. The minimum atomic E-state index is 0.463. The normalized spacial score (nSPS) is 15.6. The molecular weight excluding hydrogens is 391 g/mol. The molecule has 1 fully saturated rings. The maximum Gasteiger partial charge on any atom is 0.148 e. The van der Waals surface area contributed by atoms with Gasteiger partial charge in [0.1, 0.15) is 5.82 Å². The third kappa shape index (κ3) is 4.88. The van der Waals surface area contributed by atoms with E-state index in [9.17, 15) is 0 Å². The molecule has 1 saturated heterocycles. The molecule has 0 atom stereocenters. The Labute approximate surface area is 176 Å². The number of benzene rings is 2. The summed E-state index contributed by atoms with van der Waals surface area (Å²) in [5, 5.41) is 9.29. The van der Waals surface area contributed by atoms with Crippen molar-refractivity contribution < 1.29 is 0 Å². The van der Waals surface area contributed by atoms with Gasteiger partial charge in [-0.2, -0.15) is 5.10 Å². The number of nitrogens with zero attached hydrogens (tertiary/aromatic N) is 3. The summed E-state index contributed by atoms with van der Waals surface area (Å²) in [7, 11) is 0. The number of aromatic nitrogens is 2. The van der Waals surface area contributed by atoms with Crippen LogP contribution in [0, 0.1) is 0 Å². The molecule has 146 valence electrons. The van der Waals surface area contributed by atoms with E-state index in [0.29, 0.717) is 16.1 Å². The Kier molecular flexibility index (Phi) is 6.20. The van der Waals surface area contributed by atoms with Crippen molar-refractivity contribution >= 4 is 29.0 Å². The minimum Gasteiger partial charge on any atom is -0.366 e. The lowest BCUT2D eigenvalue weighted by Crippen LogP contribution is -2.40. The topological polar surface area (TPSA) is 33.1 Å². The fourth-order valence-corrected chi connectivity index (χ4v) is 3.91. The number of hydrogen-bond acceptors (Lipinski definition) is 3. The van der Waals surface area contributed by atoms with Crippen LogP contribution in [0.1, 0.15) is 18.4 Å². The highest BCUT2D eigenvalue weighted by atomic mass is 35.5. The summed E-state index contributed by atoms with van der Waals surface area (Å²) in [4.78, 5) is 2.56. The minimum absolute atomic E-state index is 0.463. The van der Waals surface area contributed by atoms with Crippen LogP contribution in [0.5, 0.6) is 0 Å². The molecule has 0 spiro atoms. The fraction of sp³-hybridized carbons (Fsp3) is 0.318. The fourth-order valence-electron chi connectivity index (χ4n) is 3.61. The summed E-state index contributed by atoms with van der Waals surface area (Å²) in [5.41, 5.74) is 2.31. The predicted octanol–water partition coefficient (Wildman–Crippen LogP) is 5.30. The maximum atomic E-state index is 6.11. The summed E-state index contributed by atoms with van der Waals surface area (Å²) in [5.74, 6) is 0.897. The zero-order valence-electron chi connectivity index (χ0n) is 15.7. The number of halogens is 2. The van der Waals surface area contributed by atoms with Gasteiger partial charge >= 0.3 is 0 Å². The Balaban J connectivity index is 1.27. The van der Waals surface area contributed by atoms with Crippen molar-refractivity contribution in [2.75, 3.05) is 25.0 Å². The second-order valence-corrected chi connectivity index (χ2v) is 8.05. The van der Waals surface area contributed by atoms with E-state index < -0.39 is 0 Å². The standard InChI is InChI=1S/C22H24Cl2N4/c23-20-7-6-19(16-21(20)24)28-15-11-22(26-28)25-18-9-13-27(14-10-18)12-8-17-4-2-1-3-5-17/h1-7,11,15-16,18H,8-10,12-14H2,(H,25,26). The van der Waals surface area contributed by atoms with Gasteiger partial charge in [-0.15, -0.1) is 0 Å². The van der Waals surface area contributed by atoms with Gasteiger partial charge in [0.15, 0.2) is 0 Å². The molecular formula is C22H24Cl2N4. The Bertz CT molecular complexity index is 902. The van der Waals surface area contributed by atoms with Gasteiger partial charge in [0.25, 0.3) is 0 Å². The van der Waals surface area contributed by atoms with Crippen LogP contribution in [0.15, 0.2) is 60.8 Å². The molecule has 2 heterocycles. The van der Waals surface area contributed by atoms with E-state index in [-0.39, 0.29) is 0 Å². The smallest absolute Gasteiger partial charge is 0.148 e. The van der Waals surface area contributed by atoms with E-state index in [1.165, 1.54) is 5.56 Å². The van der Waals surface area contributed by atoms with Gasteiger partial charge in [0.05, 0.1) is 15.7 Å². The van der Waals surface area contributed by atoms with E-state index >= 15 is 0 Å². The predicted molar refractivity (Wildman–Crippen MR) is 117 cm³/mol. The van der Waals surface area contributed by atoms with Crippen molar-refractivity contribution in [1.82, 2.24) is 14.7 Å². The van der Waals surface area contributed by atoms with Gasteiger partial charge in [-0.3, -0.25) is 0 Å². The molecule has 1 aliphatic rings. The zero-order chi connectivity index (χ0) is 19.3. The highest BCUT2D eigenvalue weighted by Crippen LogP contribution is 2.25. The van der Waals surface area contributed by atoms with Crippen LogP contribution in [-0.4, -0.2) is 40.4 Å². The second-order valence-electron chi connectivity index (χ2n) is 7.24. The Morgan fingerprint density at radius 2 is 1.75 bits per heavy atom. The lowest BCUT2D eigenvalue weighted by atomic mass is 10.0. The number of hydrogen-bond donors (Lipinski definition) is 1. The summed E-state index contributed by atoms with van der Waals surface area (Å²) in [6.07, 6.45) is 5.33. The van der Waals surface area contributed by atoms with E-state index in [2.05, 4.69) is 45.6 Å². The number of rotatable bonds is 6.